The van der Waals surface area contributed by atoms with Crippen molar-refractivity contribution in [1.29, 1.82) is 0 Å². The summed E-state index contributed by atoms with van der Waals surface area (Å²) in [5.41, 5.74) is 5.75. The number of likely N-dealkylation sites (N-methyl/N-ethyl adjacent to an activating group) is 1. The average Bonchev–Trinajstić information content (AvgIpc) is 2.86. The third kappa shape index (κ3) is 5.35. The van der Waals surface area contributed by atoms with E-state index < -0.39 is 0 Å². The van der Waals surface area contributed by atoms with Crippen LogP contribution in [0.2, 0.25) is 0 Å². The van der Waals surface area contributed by atoms with E-state index in [0.717, 1.165) is 26.1 Å². The summed E-state index contributed by atoms with van der Waals surface area (Å²) in [4.78, 5) is 14.1. The summed E-state index contributed by atoms with van der Waals surface area (Å²) in [5, 5.41) is 10.5. The molecule has 108 valence electrons. The Kier molecular flexibility index (Phi) is 7.06. The highest BCUT2D eigenvalue weighted by molar-refractivity contribution is 5.91. The van der Waals surface area contributed by atoms with Crippen molar-refractivity contribution in [3.63, 3.8) is 0 Å². The number of carbonyl (C=O) groups excluding carboxylic acids is 1. The highest BCUT2D eigenvalue weighted by Crippen LogP contribution is 1.93. The molecule has 0 aliphatic heterocycles. The number of hydrogen-bond acceptors (Lipinski definition) is 5. The minimum absolute atomic E-state index is 0.184. The van der Waals surface area contributed by atoms with Crippen LogP contribution in [0.3, 0.4) is 0 Å². The van der Waals surface area contributed by atoms with E-state index in [2.05, 4.69) is 34.4 Å². The number of nitrogens with one attached hydrogen (secondary N) is 1. The van der Waals surface area contributed by atoms with Crippen molar-refractivity contribution in [1.82, 2.24) is 25.2 Å². The van der Waals surface area contributed by atoms with Crippen LogP contribution in [0.4, 0.5) is 0 Å². The quantitative estimate of drug-likeness (QED) is 0.642. The molecule has 7 heteroatoms. The normalized spacial score (nSPS) is 10.9. The van der Waals surface area contributed by atoms with Crippen molar-refractivity contribution in [2.75, 3.05) is 32.7 Å². The lowest BCUT2D eigenvalue weighted by molar-refractivity contribution is 0.0943. The lowest BCUT2D eigenvalue weighted by atomic mass is 10.4. The van der Waals surface area contributed by atoms with Crippen LogP contribution < -0.4 is 11.1 Å². The van der Waals surface area contributed by atoms with E-state index in [-0.39, 0.29) is 5.91 Å². The molecular formula is C12H24N6O. The van der Waals surface area contributed by atoms with Gasteiger partial charge in [0.05, 0.1) is 12.7 Å². The number of hydrogen-bond donors (Lipinski definition) is 2. The van der Waals surface area contributed by atoms with Crippen LogP contribution >= 0.6 is 0 Å². The van der Waals surface area contributed by atoms with E-state index in [0.29, 0.717) is 25.3 Å². The van der Waals surface area contributed by atoms with E-state index in [1.165, 1.54) is 0 Å². The predicted octanol–water partition coefficient (Wildman–Crippen LogP) is -0.301. The van der Waals surface area contributed by atoms with Crippen molar-refractivity contribution < 1.29 is 4.79 Å². The first-order valence-electron chi connectivity index (χ1n) is 6.82. The molecule has 1 rings (SSSR count). The fraction of sp³-hybridized carbons (Fsp3) is 0.750. The predicted molar refractivity (Wildman–Crippen MR) is 73.8 cm³/mol. The van der Waals surface area contributed by atoms with E-state index >= 15 is 0 Å². The fourth-order valence-electron chi connectivity index (χ4n) is 1.81. The number of nitrogens with zero attached hydrogens (tertiary/aromatic N) is 4. The number of nitrogens with two attached hydrogens (primary N) is 1. The second-order valence-electron chi connectivity index (χ2n) is 4.35. The zero-order valence-corrected chi connectivity index (χ0v) is 11.8. The molecule has 0 aromatic carbocycles. The molecule has 0 saturated heterocycles. The Labute approximate surface area is 114 Å². The van der Waals surface area contributed by atoms with Gasteiger partial charge in [0.1, 0.15) is 0 Å². The van der Waals surface area contributed by atoms with Gasteiger partial charge in [0, 0.05) is 19.6 Å². The van der Waals surface area contributed by atoms with Crippen LogP contribution in [0, 0.1) is 0 Å². The molecule has 0 atom stereocenters. The number of rotatable bonds is 9. The number of amides is 1. The maximum absolute atomic E-state index is 11.8. The monoisotopic (exact) mass is 268 g/mol. The molecular weight excluding hydrogens is 244 g/mol. The SMILES string of the molecule is CCCN(CC)CCNC(=O)c1cn(CCN)nn1. The maximum Gasteiger partial charge on any atom is 0.273 e. The van der Waals surface area contributed by atoms with Gasteiger partial charge in [0.25, 0.3) is 5.91 Å². The highest BCUT2D eigenvalue weighted by Gasteiger charge is 2.10. The average molecular weight is 268 g/mol. The molecule has 1 amide bonds. The lowest BCUT2D eigenvalue weighted by Gasteiger charge is -2.19. The summed E-state index contributed by atoms with van der Waals surface area (Å²) in [6, 6.07) is 0. The molecule has 0 aliphatic rings. The Morgan fingerprint density at radius 1 is 1.47 bits per heavy atom. The van der Waals surface area contributed by atoms with Crippen LogP contribution in [-0.4, -0.2) is 58.5 Å². The van der Waals surface area contributed by atoms with Crippen LogP contribution in [-0.2, 0) is 6.54 Å². The van der Waals surface area contributed by atoms with Gasteiger partial charge in [-0.2, -0.15) is 0 Å². The van der Waals surface area contributed by atoms with E-state index in [4.69, 9.17) is 5.73 Å². The molecule has 0 bridgehead atoms. The Bertz CT molecular complexity index is 378. The van der Waals surface area contributed by atoms with Crippen molar-refractivity contribution in [3.05, 3.63) is 11.9 Å². The third-order valence-corrected chi connectivity index (χ3v) is 2.83. The van der Waals surface area contributed by atoms with Gasteiger partial charge < -0.3 is 16.0 Å². The molecule has 0 saturated carbocycles. The smallest absolute Gasteiger partial charge is 0.273 e. The fourth-order valence-corrected chi connectivity index (χ4v) is 1.81. The Hall–Kier alpha value is -1.47. The summed E-state index contributed by atoms with van der Waals surface area (Å²) in [5.74, 6) is -0.184. The first-order valence-corrected chi connectivity index (χ1v) is 6.82. The first kappa shape index (κ1) is 15.6. The zero-order chi connectivity index (χ0) is 14.1. The summed E-state index contributed by atoms with van der Waals surface area (Å²) in [6.45, 7) is 8.85. The van der Waals surface area contributed by atoms with Crippen LogP contribution in [0.5, 0.6) is 0 Å². The highest BCUT2D eigenvalue weighted by atomic mass is 16.2. The third-order valence-electron chi connectivity index (χ3n) is 2.83. The van der Waals surface area contributed by atoms with Gasteiger partial charge in [-0.15, -0.1) is 5.10 Å². The first-order chi connectivity index (χ1) is 9.21. The van der Waals surface area contributed by atoms with Crippen molar-refractivity contribution in [2.24, 2.45) is 5.73 Å². The molecule has 0 aliphatic carbocycles. The van der Waals surface area contributed by atoms with Crippen molar-refractivity contribution in [2.45, 2.75) is 26.8 Å². The summed E-state index contributed by atoms with van der Waals surface area (Å²) < 4.78 is 1.57. The van der Waals surface area contributed by atoms with Crippen molar-refractivity contribution >= 4 is 5.91 Å². The maximum atomic E-state index is 11.8. The van der Waals surface area contributed by atoms with E-state index in [9.17, 15) is 4.79 Å². The van der Waals surface area contributed by atoms with Gasteiger partial charge in [-0.1, -0.05) is 19.1 Å². The van der Waals surface area contributed by atoms with E-state index in [1.807, 2.05) is 0 Å². The molecule has 1 heterocycles. The van der Waals surface area contributed by atoms with Crippen LogP contribution in [0.25, 0.3) is 0 Å². The Morgan fingerprint density at radius 2 is 2.26 bits per heavy atom. The minimum atomic E-state index is -0.184. The van der Waals surface area contributed by atoms with Crippen LogP contribution in [0.15, 0.2) is 6.20 Å². The molecule has 0 radical (unpaired) electrons. The second-order valence-corrected chi connectivity index (χ2v) is 4.35. The van der Waals surface area contributed by atoms with Gasteiger partial charge in [0.15, 0.2) is 5.69 Å². The van der Waals surface area contributed by atoms with Gasteiger partial charge in [-0.05, 0) is 19.5 Å². The van der Waals surface area contributed by atoms with Gasteiger partial charge in [-0.25, -0.2) is 0 Å². The molecule has 19 heavy (non-hydrogen) atoms. The topological polar surface area (TPSA) is 89.1 Å². The lowest BCUT2D eigenvalue weighted by Crippen LogP contribution is -2.35. The standard InChI is InChI=1S/C12H24N6O/c1-3-7-17(4-2)9-6-14-12(19)11-10-18(8-5-13)16-15-11/h10H,3-9,13H2,1-2H3,(H,14,19). The van der Waals surface area contributed by atoms with Gasteiger partial charge >= 0.3 is 0 Å². The summed E-state index contributed by atoms with van der Waals surface area (Å²) >= 11 is 0. The van der Waals surface area contributed by atoms with Crippen LogP contribution in [0.1, 0.15) is 30.8 Å². The molecule has 0 unspecified atom stereocenters. The number of carbonyl (C=O) groups is 1. The summed E-state index contributed by atoms with van der Waals surface area (Å²) in [6.07, 6.45) is 2.74. The Balaban J connectivity index is 2.33. The molecule has 3 N–H and O–H groups in total. The molecule has 0 fully saturated rings. The largest absolute Gasteiger partial charge is 0.349 e. The molecule has 7 nitrogen and oxygen atoms in total. The molecule has 0 spiro atoms. The summed E-state index contributed by atoms with van der Waals surface area (Å²) in [7, 11) is 0. The Morgan fingerprint density at radius 3 is 2.89 bits per heavy atom. The number of aromatic nitrogens is 3. The van der Waals surface area contributed by atoms with Gasteiger partial charge in [-0.3, -0.25) is 9.48 Å². The van der Waals surface area contributed by atoms with Gasteiger partial charge in [0.2, 0.25) is 0 Å². The minimum Gasteiger partial charge on any atom is -0.349 e. The van der Waals surface area contributed by atoms with E-state index in [1.54, 1.807) is 10.9 Å². The zero-order valence-electron chi connectivity index (χ0n) is 11.8. The molecule has 1 aromatic heterocycles. The van der Waals surface area contributed by atoms with Crippen molar-refractivity contribution in [3.8, 4) is 0 Å². The second kappa shape index (κ2) is 8.60. The molecule has 1 aromatic rings.